The first-order chi connectivity index (χ1) is 23.6. The summed E-state index contributed by atoms with van der Waals surface area (Å²) >= 11 is 0. The number of fused-ring (bicyclic) bond motifs is 4. The van der Waals surface area contributed by atoms with Crippen LogP contribution in [0.2, 0.25) is 0 Å². The topological polar surface area (TPSA) is 0 Å². The van der Waals surface area contributed by atoms with Crippen molar-refractivity contribution in [1.82, 2.24) is 0 Å². The van der Waals surface area contributed by atoms with E-state index in [0.29, 0.717) is 0 Å². The Balaban J connectivity index is 1.45. The van der Waals surface area contributed by atoms with E-state index in [1.807, 2.05) is 0 Å². The second-order valence-electron chi connectivity index (χ2n) is 13.1. The molecule has 0 heteroatoms. The molecule has 0 aliphatic rings. The highest BCUT2D eigenvalue weighted by atomic mass is 14.2. The fraction of sp³-hybridized carbons (Fsp3) is 0.0417. The summed E-state index contributed by atoms with van der Waals surface area (Å²) in [5.74, 6) is 0. The quantitative estimate of drug-likeness (QED) is 0.174. The van der Waals surface area contributed by atoms with Crippen LogP contribution in [0.5, 0.6) is 0 Å². The molecule has 9 rings (SSSR count). The lowest BCUT2D eigenvalue weighted by molar-refractivity contribution is 1.47. The van der Waals surface area contributed by atoms with Crippen LogP contribution in [0, 0.1) is 13.8 Å². The van der Waals surface area contributed by atoms with Crippen molar-refractivity contribution in [2.45, 2.75) is 13.8 Å². The lowest BCUT2D eigenvalue weighted by atomic mass is 9.82. The Hall–Kier alpha value is -5.98. The summed E-state index contributed by atoms with van der Waals surface area (Å²) in [5, 5.41) is 10.1. The van der Waals surface area contributed by atoms with Crippen molar-refractivity contribution in [1.29, 1.82) is 0 Å². The number of benzene rings is 9. The first-order valence-corrected chi connectivity index (χ1v) is 16.8. The van der Waals surface area contributed by atoms with E-state index in [-0.39, 0.29) is 0 Å². The van der Waals surface area contributed by atoms with Crippen molar-refractivity contribution >= 4 is 43.1 Å². The standard InChI is InChI=1S/C48H34/c1-31-14-18-34(19-15-31)38-25-27-44-45(29-38)47(40-23-22-33-8-3-4-10-37(33)28-40)43-26-24-39(35-20-16-32(2)17-21-35)30-46(43)48(44)42-13-7-11-36-9-5-6-12-41(36)42/h3-30H,1-2H3. The zero-order valence-corrected chi connectivity index (χ0v) is 27.2. The molecule has 0 aromatic heterocycles. The molecule has 0 saturated heterocycles. The van der Waals surface area contributed by atoms with Crippen LogP contribution in [0.1, 0.15) is 11.1 Å². The summed E-state index contributed by atoms with van der Waals surface area (Å²) in [4.78, 5) is 0. The van der Waals surface area contributed by atoms with Crippen molar-refractivity contribution in [2.24, 2.45) is 0 Å². The molecule has 226 valence electrons. The van der Waals surface area contributed by atoms with Crippen molar-refractivity contribution in [3.8, 4) is 44.5 Å². The third-order valence-corrected chi connectivity index (χ3v) is 9.98. The first-order valence-electron chi connectivity index (χ1n) is 16.8. The predicted octanol–water partition coefficient (Wildman–Crippen LogP) is 13.6. The van der Waals surface area contributed by atoms with E-state index in [1.54, 1.807) is 0 Å². The van der Waals surface area contributed by atoms with Crippen molar-refractivity contribution in [2.75, 3.05) is 0 Å². The van der Waals surface area contributed by atoms with Gasteiger partial charge < -0.3 is 0 Å². The van der Waals surface area contributed by atoms with Gasteiger partial charge in [-0.15, -0.1) is 0 Å². The van der Waals surface area contributed by atoms with E-state index in [4.69, 9.17) is 0 Å². The first kappa shape index (κ1) is 28.3. The molecule has 0 amide bonds. The van der Waals surface area contributed by atoms with Crippen molar-refractivity contribution < 1.29 is 0 Å². The van der Waals surface area contributed by atoms with Crippen LogP contribution in [0.4, 0.5) is 0 Å². The van der Waals surface area contributed by atoms with Gasteiger partial charge in [0.25, 0.3) is 0 Å². The summed E-state index contributed by atoms with van der Waals surface area (Å²) < 4.78 is 0. The predicted molar refractivity (Wildman–Crippen MR) is 208 cm³/mol. The van der Waals surface area contributed by atoms with Gasteiger partial charge in [0.1, 0.15) is 0 Å². The summed E-state index contributed by atoms with van der Waals surface area (Å²) in [6, 6.07) is 63.1. The fourth-order valence-electron chi connectivity index (χ4n) is 7.47. The Morgan fingerprint density at radius 3 is 1.44 bits per heavy atom. The fourth-order valence-corrected chi connectivity index (χ4v) is 7.47. The van der Waals surface area contributed by atoms with Crippen LogP contribution in [0.3, 0.4) is 0 Å². The monoisotopic (exact) mass is 610 g/mol. The molecule has 0 radical (unpaired) electrons. The van der Waals surface area contributed by atoms with E-state index in [0.717, 1.165) is 0 Å². The van der Waals surface area contributed by atoms with Crippen LogP contribution < -0.4 is 0 Å². The number of aryl methyl sites for hydroxylation is 2. The normalized spacial score (nSPS) is 11.5. The highest BCUT2D eigenvalue weighted by Gasteiger charge is 2.20. The lowest BCUT2D eigenvalue weighted by Gasteiger charge is -2.21. The Bertz CT molecular complexity index is 2650. The Morgan fingerprint density at radius 1 is 0.271 bits per heavy atom. The Kier molecular flexibility index (Phi) is 6.69. The molecule has 0 atom stereocenters. The average Bonchev–Trinajstić information content (AvgIpc) is 3.14. The smallest absolute Gasteiger partial charge is 0.00199 e. The van der Waals surface area contributed by atoms with Gasteiger partial charge >= 0.3 is 0 Å². The Labute approximate surface area is 281 Å². The van der Waals surface area contributed by atoms with Gasteiger partial charge in [-0.05, 0) is 120 Å². The molecule has 0 N–H and O–H groups in total. The molecule has 0 saturated carbocycles. The zero-order valence-electron chi connectivity index (χ0n) is 27.2. The zero-order chi connectivity index (χ0) is 32.2. The molecule has 0 spiro atoms. The molecule has 48 heavy (non-hydrogen) atoms. The van der Waals surface area contributed by atoms with Crippen LogP contribution >= 0.6 is 0 Å². The molecule has 9 aromatic rings. The number of rotatable bonds is 4. The van der Waals surface area contributed by atoms with Crippen LogP contribution in [-0.4, -0.2) is 0 Å². The van der Waals surface area contributed by atoms with E-state index in [2.05, 4.69) is 184 Å². The van der Waals surface area contributed by atoms with Gasteiger partial charge in [-0.1, -0.05) is 163 Å². The molecule has 0 nitrogen and oxygen atoms in total. The molecular weight excluding hydrogens is 577 g/mol. The molecule has 0 aliphatic carbocycles. The molecule has 0 bridgehead atoms. The van der Waals surface area contributed by atoms with E-state index in [1.165, 1.54) is 98.7 Å². The van der Waals surface area contributed by atoms with Gasteiger partial charge in [0.2, 0.25) is 0 Å². The van der Waals surface area contributed by atoms with Gasteiger partial charge in [-0.2, -0.15) is 0 Å². The molecule has 0 fully saturated rings. The summed E-state index contributed by atoms with van der Waals surface area (Å²) in [6.07, 6.45) is 0. The number of hydrogen-bond donors (Lipinski definition) is 0. The van der Waals surface area contributed by atoms with E-state index >= 15 is 0 Å². The highest BCUT2D eigenvalue weighted by Crippen LogP contribution is 2.47. The van der Waals surface area contributed by atoms with Gasteiger partial charge in [0, 0.05) is 0 Å². The average molecular weight is 611 g/mol. The van der Waals surface area contributed by atoms with Crippen molar-refractivity contribution in [3.63, 3.8) is 0 Å². The minimum absolute atomic E-state index is 1.23. The van der Waals surface area contributed by atoms with Crippen LogP contribution in [0.15, 0.2) is 170 Å². The lowest BCUT2D eigenvalue weighted by Crippen LogP contribution is -1.93. The van der Waals surface area contributed by atoms with E-state index < -0.39 is 0 Å². The largest absolute Gasteiger partial charge is 0.0616 e. The molecular formula is C48H34. The van der Waals surface area contributed by atoms with Gasteiger partial charge in [-0.3, -0.25) is 0 Å². The second-order valence-corrected chi connectivity index (χ2v) is 13.1. The SMILES string of the molecule is Cc1ccc(-c2ccc3c(-c4cccc5ccccc45)c4cc(-c5ccc(C)cc5)ccc4c(-c4ccc5ccccc5c4)c3c2)cc1. The maximum Gasteiger partial charge on any atom is -0.00199 e. The maximum atomic E-state index is 2.43. The number of hydrogen-bond acceptors (Lipinski definition) is 0. The maximum absolute atomic E-state index is 2.43. The van der Waals surface area contributed by atoms with Gasteiger partial charge in [0.15, 0.2) is 0 Å². The molecule has 0 aliphatic heterocycles. The summed E-state index contributed by atoms with van der Waals surface area (Å²) in [7, 11) is 0. The van der Waals surface area contributed by atoms with Crippen molar-refractivity contribution in [3.05, 3.63) is 181 Å². The summed E-state index contributed by atoms with van der Waals surface area (Å²) in [6.45, 7) is 4.30. The van der Waals surface area contributed by atoms with Gasteiger partial charge in [0.05, 0.1) is 0 Å². The van der Waals surface area contributed by atoms with Crippen LogP contribution in [-0.2, 0) is 0 Å². The minimum atomic E-state index is 1.23. The third kappa shape index (κ3) is 4.77. The highest BCUT2D eigenvalue weighted by molar-refractivity contribution is 6.24. The minimum Gasteiger partial charge on any atom is -0.0616 e. The third-order valence-electron chi connectivity index (χ3n) is 9.98. The summed E-state index contributed by atoms with van der Waals surface area (Å²) in [5.41, 5.74) is 12.5. The van der Waals surface area contributed by atoms with Gasteiger partial charge in [-0.25, -0.2) is 0 Å². The second kappa shape index (κ2) is 11.4. The molecule has 0 heterocycles. The van der Waals surface area contributed by atoms with E-state index in [9.17, 15) is 0 Å². The van der Waals surface area contributed by atoms with Crippen LogP contribution in [0.25, 0.3) is 87.6 Å². The molecule has 0 unspecified atom stereocenters. The Morgan fingerprint density at radius 2 is 0.771 bits per heavy atom. The molecule has 9 aromatic carbocycles.